The maximum atomic E-state index is 11.2. The van der Waals surface area contributed by atoms with E-state index in [-0.39, 0.29) is 5.69 Å². The Morgan fingerprint density at radius 3 is 2.45 bits per heavy atom. The Bertz CT molecular complexity index is 597. The topological polar surface area (TPSA) is 55.1 Å². The molecule has 0 radical (unpaired) electrons. The van der Waals surface area contributed by atoms with E-state index >= 15 is 0 Å². The summed E-state index contributed by atoms with van der Waals surface area (Å²) in [5, 5.41) is 13.6. The summed E-state index contributed by atoms with van der Waals surface area (Å²) in [6.45, 7) is 6.91. The van der Waals surface area contributed by atoms with Crippen LogP contribution in [0, 0.1) is 0 Å². The smallest absolute Gasteiger partial charge is 0.354 e. The van der Waals surface area contributed by atoms with Crippen LogP contribution >= 0.6 is 0 Å². The van der Waals surface area contributed by atoms with Gasteiger partial charge in [0.15, 0.2) is 0 Å². The van der Waals surface area contributed by atoms with Crippen LogP contribution in [0.2, 0.25) is 0 Å². The Hall–Kier alpha value is -2.10. The predicted octanol–water partition coefficient (Wildman–Crippen LogP) is 3.78. The molecule has 2 rings (SSSR count). The zero-order chi connectivity index (χ0) is 14.7. The van der Waals surface area contributed by atoms with Gasteiger partial charge in [-0.3, -0.25) is 4.68 Å². The minimum Gasteiger partial charge on any atom is -0.477 e. The maximum Gasteiger partial charge on any atom is 0.354 e. The highest BCUT2D eigenvalue weighted by Gasteiger charge is 2.14. The number of benzene rings is 1. The van der Waals surface area contributed by atoms with Crippen molar-refractivity contribution in [2.24, 2.45) is 0 Å². The molecule has 1 heterocycles. The standard InChI is InChI=1S/C16H20N2O2/c1-4-9-18-15(16(19)20)10-14(17-18)13-7-5-12(6-8-13)11(2)3/h5-8,10-11H,4,9H2,1-3H3,(H,19,20). The van der Waals surface area contributed by atoms with Gasteiger partial charge in [0.25, 0.3) is 0 Å². The van der Waals surface area contributed by atoms with E-state index in [1.54, 1.807) is 10.7 Å². The number of carbonyl (C=O) groups is 1. The van der Waals surface area contributed by atoms with Crippen LogP contribution in [0.15, 0.2) is 30.3 Å². The van der Waals surface area contributed by atoms with E-state index in [2.05, 4.69) is 31.1 Å². The van der Waals surface area contributed by atoms with Crippen molar-refractivity contribution >= 4 is 5.97 Å². The lowest BCUT2D eigenvalue weighted by atomic mass is 10.0. The molecule has 1 N–H and O–H groups in total. The fourth-order valence-electron chi connectivity index (χ4n) is 2.15. The summed E-state index contributed by atoms with van der Waals surface area (Å²) in [4.78, 5) is 11.2. The summed E-state index contributed by atoms with van der Waals surface area (Å²) < 4.78 is 1.56. The second-order valence-corrected chi connectivity index (χ2v) is 5.22. The number of aromatic nitrogens is 2. The van der Waals surface area contributed by atoms with Crippen molar-refractivity contribution in [3.05, 3.63) is 41.6 Å². The summed E-state index contributed by atoms with van der Waals surface area (Å²) in [7, 11) is 0. The van der Waals surface area contributed by atoms with E-state index in [1.807, 2.05) is 19.1 Å². The van der Waals surface area contributed by atoms with E-state index in [4.69, 9.17) is 0 Å². The number of aryl methyl sites for hydroxylation is 1. The molecule has 0 bridgehead atoms. The molecular weight excluding hydrogens is 252 g/mol. The molecule has 0 saturated heterocycles. The second-order valence-electron chi connectivity index (χ2n) is 5.22. The van der Waals surface area contributed by atoms with Crippen molar-refractivity contribution in [1.82, 2.24) is 9.78 Å². The molecule has 4 heteroatoms. The van der Waals surface area contributed by atoms with Gasteiger partial charge in [0.1, 0.15) is 5.69 Å². The van der Waals surface area contributed by atoms with Gasteiger partial charge in [0.05, 0.1) is 5.69 Å². The minimum atomic E-state index is -0.934. The highest BCUT2D eigenvalue weighted by molar-refractivity contribution is 5.87. The zero-order valence-electron chi connectivity index (χ0n) is 12.1. The summed E-state index contributed by atoms with van der Waals surface area (Å²) in [5.41, 5.74) is 3.17. The molecule has 0 unspecified atom stereocenters. The molecule has 1 aromatic heterocycles. The third-order valence-electron chi connectivity index (χ3n) is 3.31. The minimum absolute atomic E-state index is 0.245. The Kier molecular flexibility index (Phi) is 4.23. The molecule has 106 valence electrons. The van der Waals surface area contributed by atoms with Crippen molar-refractivity contribution < 1.29 is 9.90 Å². The van der Waals surface area contributed by atoms with Gasteiger partial charge in [-0.15, -0.1) is 0 Å². The summed E-state index contributed by atoms with van der Waals surface area (Å²) in [6.07, 6.45) is 0.855. The van der Waals surface area contributed by atoms with Gasteiger partial charge in [0.2, 0.25) is 0 Å². The van der Waals surface area contributed by atoms with Gasteiger partial charge in [-0.25, -0.2) is 4.79 Å². The van der Waals surface area contributed by atoms with E-state index in [1.165, 1.54) is 5.56 Å². The van der Waals surface area contributed by atoms with Crippen LogP contribution in [-0.2, 0) is 6.54 Å². The van der Waals surface area contributed by atoms with Crippen LogP contribution < -0.4 is 0 Å². The van der Waals surface area contributed by atoms with E-state index in [0.717, 1.165) is 12.0 Å². The van der Waals surface area contributed by atoms with Crippen LogP contribution in [0.25, 0.3) is 11.3 Å². The van der Waals surface area contributed by atoms with E-state index < -0.39 is 5.97 Å². The Morgan fingerprint density at radius 2 is 1.95 bits per heavy atom. The molecule has 0 atom stereocenters. The lowest BCUT2D eigenvalue weighted by molar-refractivity contribution is 0.0683. The largest absolute Gasteiger partial charge is 0.477 e. The SMILES string of the molecule is CCCn1nc(-c2ccc(C(C)C)cc2)cc1C(=O)O. The number of rotatable bonds is 5. The fourth-order valence-corrected chi connectivity index (χ4v) is 2.15. The molecule has 0 fully saturated rings. The van der Waals surface area contributed by atoms with Crippen LogP contribution in [0.3, 0.4) is 0 Å². The predicted molar refractivity (Wildman–Crippen MR) is 79.0 cm³/mol. The van der Waals surface area contributed by atoms with Gasteiger partial charge in [-0.2, -0.15) is 5.10 Å². The fraction of sp³-hybridized carbons (Fsp3) is 0.375. The first-order chi connectivity index (χ1) is 9.52. The van der Waals surface area contributed by atoms with Crippen LogP contribution in [0.5, 0.6) is 0 Å². The van der Waals surface area contributed by atoms with Crippen molar-refractivity contribution in [1.29, 1.82) is 0 Å². The van der Waals surface area contributed by atoms with Gasteiger partial charge >= 0.3 is 5.97 Å². The van der Waals surface area contributed by atoms with Crippen molar-refractivity contribution in [3.8, 4) is 11.3 Å². The number of nitrogens with zero attached hydrogens (tertiary/aromatic N) is 2. The molecule has 20 heavy (non-hydrogen) atoms. The summed E-state index contributed by atoms with van der Waals surface area (Å²) in [5.74, 6) is -0.452. The first kappa shape index (κ1) is 14.3. The zero-order valence-corrected chi connectivity index (χ0v) is 12.1. The normalized spacial score (nSPS) is 11.0. The number of carboxylic acid groups (broad SMARTS) is 1. The molecular formula is C16H20N2O2. The summed E-state index contributed by atoms with van der Waals surface area (Å²) in [6, 6.07) is 9.78. The van der Waals surface area contributed by atoms with Crippen molar-refractivity contribution in [3.63, 3.8) is 0 Å². The Morgan fingerprint density at radius 1 is 1.30 bits per heavy atom. The second kappa shape index (κ2) is 5.90. The maximum absolute atomic E-state index is 11.2. The number of hydrogen-bond acceptors (Lipinski definition) is 2. The third kappa shape index (κ3) is 2.90. The number of hydrogen-bond donors (Lipinski definition) is 1. The van der Waals surface area contributed by atoms with Gasteiger partial charge in [0, 0.05) is 12.1 Å². The first-order valence-electron chi connectivity index (χ1n) is 6.94. The molecule has 0 amide bonds. The molecule has 0 aliphatic carbocycles. The lowest BCUT2D eigenvalue weighted by Crippen LogP contribution is -2.09. The van der Waals surface area contributed by atoms with Gasteiger partial charge in [-0.1, -0.05) is 45.0 Å². The molecule has 0 saturated carbocycles. The van der Waals surface area contributed by atoms with Crippen LogP contribution in [0.1, 0.15) is 49.2 Å². The molecule has 0 aliphatic heterocycles. The van der Waals surface area contributed by atoms with E-state index in [0.29, 0.717) is 18.2 Å². The Balaban J connectivity index is 2.37. The van der Waals surface area contributed by atoms with Crippen LogP contribution in [0.4, 0.5) is 0 Å². The molecule has 0 aliphatic rings. The number of aromatic carboxylic acids is 1. The lowest BCUT2D eigenvalue weighted by Gasteiger charge is -2.05. The monoisotopic (exact) mass is 272 g/mol. The average molecular weight is 272 g/mol. The average Bonchev–Trinajstić information content (AvgIpc) is 2.83. The van der Waals surface area contributed by atoms with Crippen LogP contribution in [-0.4, -0.2) is 20.9 Å². The quantitative estimate of drug-likeness (QED) is 0.901. The highest BCUT2D eigenvalue weighted by Crippen LogP contribution is 2.22. The highest BCUT2D eigenvalue weighted by atomic mass is 16.4. The number of carboxylic acids is 1. The van der Waals surface area contributed by atoms with Crippen molar-refractivity contribution in [2.75, 3.05) is 0 Å². The van der Waals surface area contributed by atoms with Gasteiger partial charge < -0.3 is 5.11 Å². The first-order valence-corrected chi connectivity index (χ1v) is 6.94. The molecule has 0 spiro atoms. The Labute approximate surface area is 119 Å². The van der Waals surface area contributed by atoms with Crippen molar-refractivity contribution in [2.45, 2.75) is 39.7 Å². The third-order valence-corrected chi connectivity index (χ3v) is 3.31. The van der Waals surface area contributed by atoms with Gasteiger partial charge in [-0.05, 0) is 24.0 Å². The molecule has 1 aromatic carbocycles. The summed E-state index contributed by atoms with van der Waals surface area (Å²) >= 11 is 0. The molecule has 2 aromatic rings. The van der Waals surface area contributed by atoms with E-state index in [9.17, 15) is 9.90 Å². The molecule has 4 nitrogen and oxygen atoms in total.